The molecule has 0 fully saturated rings. The largest absolute Gasteiger partial charge is 0.494 e. The molecule has 0 atom stereocenters. The number of hydrogen-bond acceptors (Lipinski definition) is 3. The lowest BCUT2D eigenvalue weighted by Gasteiger charge is -2.17. The number of nitrogens with two attached hydrogens (primary N) is 1. The number of anilines is 1. The number of carbonyl (C=O) groups is 1. The smallest absolute Gasteiger partial charge is 0.270 e. The van der Waals surface area contributed by atoms with Gasteiger partial charge in [-0.3, -0.25) is 4.79 Å². The fourth-order valence-electron chi connectivity index (χ4n) is 2.11. The van der Waals surface area contributed by atoms with Crippen LogP contribution in [-0.4, -0.2) is 35.6 Å². The molecule has 0 aliphatic heterocycles. The van der Waals surface area contributed by atoms with Gasteiger partial charge in [-0.2, -0.15) is 0 Å². The summed E-state index contributed by atoms with van der Waals surface area (Å²) in [5.74, 6) is 0.815. The Labute approximate surface area is 124 Å². The second-order valence-corrected chi connectivity index (χ2v) is 5.01. The summed E-state index contributed by atoms with van der Waals surface area (Å²) in [7, 11) is 3.60. The first-order valence-electron chi connectivity index (χ1n) is 6.93. The second-order valence-electron chi connectivity index (χ2n) is 5.01. The number of carbonyl (C=O) groups excluding carboxylic acids is 1. The summed E-state index contributed by atoms with van der Waals surface area (Å²) < 4.78 is 7.35. The summed E-state index contributed by atoms with van der Waals surface area (Å²) in [4.78, 5) is 13.9. The molecule has 0 aliphatic carbocycles. The standard InChI is InChI=1S/C16H21N3O2/c1-18(16(20)15-11-13(17)12-19(15)2)9-6-10-21-14-7-4-3-5-8-14/h3-5,7-8,11-12H,6,9-10,17H2,1-2H3. The minimum atomic E-state index is -0.0334. The Balaban J connectivity index is 1.78. The van der Waals surface area contributed by atoms with Crippen molar-refractivity contribution in [3.05, 3.63) is 48.3 Å². The first-order valence-corrected chi connectivity index (χ1v) is 6.93. The third kappa shape index (κ3) is 4.02. The topological polar surface area (TPSA) is 60.5 Å². The molecule has 1 heterocycles. The molecule has 21 heavy (non-hydrogen) atoms. The van der Waals surface area contributed by atoms with E-state index in [4.69, 9.17) is 10.5 Å². The number of ether oxygens (including phenoxy) is 1. The lowest BCUT2D eigenvalue weighted by molar-refractivity contribution is 0.0778. The van der Waals surface area contributed by atoms with Gasteiger partial charge < -0.3 is 19.9 Å². The first-order chi connectivity index (χ1) is 10.1. The van der Waals surface area contributed by atoms with Crippen molar-refractivity contribution in [1.82, 2.24) is 9.47 Å². The highest BCUT2D eigenvalue weighted by Gasteiger charge is 2.15. The summed E-state index contributed by atoms with van der Waals surface area (Å²) in [6, 6.07) is 11.4. The van der Waals surface area contributed by atoms with Gasteiger partial charge in [-0.25, -0.2) is 0 Å². The van der Waals surface area contributed by atoms with Gasteiger partial charge in [-0.15, -0.1) is 0 Å². The molecule has 5 heteroatoms. The number of hydrogen-bond donors (Lipinski definition) is 1. The third-order valence-electron chi connectivity index (χ3n) is 3.24. The van der Waals surface area contributed by atoms with Gasteiger partial charge in [0, 0.05) is 26.8 Å². The van der Waals surface area contributed by atoms with Crippen molar-refractivity contribution in [2.75, 3.05) is 25.9 Å². The molecule has 2 N–H and O–H groups in total. The van der Waals surface area contributed by atoms with Gasteiger partial charge in [0.1, 0.15) is 11.4 Å². The third-order valence-corrected chi connectivity index (χ3v) is 3.24. The fraction of sp³-hybridized carbons (Fsp3) is 0.312. The number of nitrogens with zero attached hydrogens (tertiary/aromatic N) is 2. The number of para-hydroxylation sites is 1. The van der Waals surface area contributed by atoms with Gasteiger partial charge in [-0.05, 0) is 24.6 Å². The molecule has 0 radical (unpaired) electrons. The van der Waals surface area contributed by atoms with E-state index in [-0.39, 0.29) is 5.91 Å². The van der Waals surface area contributed by atoms with E-state index in [0.29, 0.717) is 24.5 Å². The molecule has 0 spiro atoms. The van der Waals surface area contributed by atoms with E-state index in [2.05, 4.69) is 0 Å². The molecule has 0 bridgehead atoms. The highest BCUT2D eigenvalue weighted by Crippen LogP contribution is 2.12. The van der Waals surface area contributed by atoms with Crippen LogP contribution in [0.4, 0.5) is 5.69 Å². The maximum Gasteiger partial charge on any atom is 0.270 e. The van der Waals surface area contributed by atoms with Gasteiger partial charge in [0.15, 0.2) is 0 Å². The summed E-state index contributed by atoms with van der Waals surface area (Å²) in [6.07, 6.45) is 2.51. The quantitative estimate of drug-likeness (QED) is 0.828. The van der Waals surface area contributed by atoms with Gasteiger partial charge >= 0.3 is 0 Å². The van der Waals surface area contributed by atoms with E-state index in [9.17, 15) is 4.79 Å². The molecule has 1 aromatic heterocycles. The second kappa shape index (κ2) is 6.83. The Morgan fingerprint density at radius 3 is 2.67 bits per heavy atom. The van der Waals surface area contributed by atoms with Crippen LogP contribution in [0.2, 0.25) is 0 Å². The average molecular weight is 287 g/mol. The Bertz CT molecular complexity index is 593. The summed E-state index contributed by atoms with van der Waals surface area (Å²) in [6.45, 7) is 1.22. The molecule has 0 saturated carbocycles. The number of aryl methyl sites for hydroxylation is 1. The summed E-state index contributed by atoms with van der Waals surface area (Å²) in [5.41, 5.74) is 6.89. The van der Waals surface area contributed by atoms with Crippen LogP contribution in [0.15, 0.2) is 42.6 Å². The zero-order chi connectivity index (χ0) is 15.2. The van der Waals surface area contributed by atoms with Crippen molar-refractivity contribution in [1.29, 1.82) is 0 Å². The van der Waals surface area contributed by atoms with Crippen LogP contribution in [0, 0.1) is 0 Å². The van der Waals surface area contributed by atoms with Crippen molar-refractivity contribution in [3.8, 4) is 5.75 Å². The van der Waals surface area contributed by atoms with Crippen LogP contribution in [0.5, 0.6) is 5.75 Å². The van der Waals surface area contributed by atoms with Crippen LogP contribution in [-0.2, 0) is 7.05 Å². The first kappa shape index (κ1) is 15.0. The Morgan fingerprint density at radius 2 is 2.05 bits per heavy atom. The molecule has 2 aromatic rings. The van der Waals surface area contributed by atoms with Gasteiger partial charge in [0.25, 0.3) is 5.91 Å². The average Bonchev–Trinajstić information content (AvgIpc) is 2.82. The van der Waals surface area contributed by atoms with Crippen LogP contribution < -0.4 is 10.5 Å². The van der Waals surface area contributed by atoms with E-state index < -0.39 is 0 Å². The Hall–Kier alpha value is -2.43. The Kier molecular flexibility index (Phi) is 4.87. The van der Waals surface area contributed by atoms with Gasteiger partial charge in [0.2, 0.25) is 0 Å². The predicted octanol–water partition coefficient (Wildman–Crippen LogP) is 2.15. The van der Waals surface area contributed by atoms with Crippen molar-refractivity contribution < 1.29 is 9.53 Å². The SMILES string of the molecule is CN(CCCOc1ccccc1)C(=O)c1cc(N)cn1C. The van der Waals surface area contributed by atoms with Crippen molar-refractivity contribution in [2.24, 2.45) is 7.05 Å². The van der Waals surface area contributed by atoms with E-state index >= 15 is 0 Å². The zero-order valence-corrected chi connectivity index (χ0v) is 12.5. The van der Waals surface area contributed by atoms with Crippen molar-refractivity contribution in [3.63, 3.8) is 0 Å². The van der Waals surface area contributed by atoms with Crippen LogP contribution in [0.3, 0.4) is 0 Å². The molecule has 1 aromatic carbocycles. The Morgan fingerprint density at radius 1 is 1.33 bits per heavy atom. The molecule has 112 valence electrons. The molecule has 0 unspecified atom stereocenters. The van der Waals surface area contributed by atoms with Crippen LogP contribution in [0.1, 0.15) is 16.9 Å². The normalized spacial score (nSPS) is 10.4. The number of amides is 1. The molecular formula is C16H21N3O2. The molecule has 1 amide bonds. The minimum absolute atomic E-state index is 0.0334. The highest BCUT2D eigenvalue weighted by molar-refractivity contribution is 5.93. The lowest BCUT2D eigenvalue weighted by atomic mass is 10.3. The van der Waals surface area contributed by atoms with Crippen LogP contribution in [0.25, 0.3) is 0 Å². The maximum absolute atomic E-state index is 12.3. The minimum Gasteiger partial charge on any atom is -0.494 e. The molecule has 0 saturated heterocycles. The van der Waals surface area contributed by atoms with Gasteiger partial charge in [0.05, 0.1) is 12.3 Å². The fourth-order valence-corrected chi connectivity index (χ4v) is 2.11. The number of aromatic nitrogens is 1. The van der Waals surface area contributed by atoms with E-state index in [1.807, 2.05) is 37.4 Å². The van der Waals surface area contributed by atoms with Crippen LogP contribution >= 0.6 is 0 Å². The number of nitrogen functional groups attached to an aromatic ring is 1. The van der Waals surface area contributed by atoms with Gasteiger partial charge in [-0.1, -0.05) is 18.2 Å². The number of benzene rings is 1. The predicted molar refractivity (Wildman–Crippen MR) is 83.3 cm³/mol. The molecule has 2 rings (SSSR count). The van der Waals surface area contributed by atoms with E-state index in [0.717, 1.165) is 12.2 Å². The highest BCUT2D eigenvalue weighted by atomic mass is 16.5. The van der Waals surface area contributed by atoms with E-state index in [1.54, 1.807) is 28.8 Å². The zero-order valence-electron chi connectivity index (χ0n) is 12.5. The summed E-state index contributed by atoms with van der Waals surface area (Å²) >= 11 is 0. The monoisotopic (exact) mass is 287 g/mol. The maximum atomic E-state index is 12.3. The molecular weight excluding hydrogens is 266 g/mol. The summed E-state index contributed by atoms with van der Waals surface area (Å²) in [5, 5.41) is 0. The molecule has 0 aliphatic rings. The van der Waals surface area contributed by atoms with E-state index in [1.165, 1.54) is 0 Å². The molecule has 5 nitrogen and oxygen atoms in total. The van der Waals surface area contributed by atoms with Crippen molar-refractivity contribution in [2.45, 2.75) is 6.42 Å². The van der Waals surface area contributed by atoms with Crippen molar-refractivity contribution >= 4 is 11.6 Å². The number of rotatable bonds is 6. The lowest BCUT2D eigenvalue weighted by Crippen LogP contribution is -2.30.